The fourth-order valence-corrected chi connectivity index (χ4v) is 3.28. The van der Waals surface area contributed by atoms with Crippen molar-refractivity contribution in [3.05, 3.63) is 53.8 Å². The Morgan fingerprint density at radius 3 is 2.53 bits per heavy atom. The van der Waals surface area contributed by atoms with Crippen molar-refractivity contribution in [2.45, 2.75) is 19.6 Å². The number of nitrogens with one attached hydrogen (secondary N) is 2. The molecule has 0 spiro atoms. The Bertz CT molecular complexity index is 994. The van der Waals surface area contributed by atoms with E-state index < -0.39 is 18.0 Å². The molecule has 3 amide bonds. The van der Waals surface area contributed by atoms with Crippen molar-refractivity contribution in [1.82, 2.24) is 15.5 Å². The van der Waals surface area contributed by atoms with Crippen LogP contribution >= 0.6 is 0 Å². The molecule has 8 nitrogen and oxygen atoms in total. The molecule has 1 aliphatic rings. The summed E-state index contributed by atoms with van der Waals surface area (Å²) in [5.74, 6) is -0.672. The monoisotopic (exact) mass is 442 g/mol. The lowest BCUT2D eigenvalue weighted by Crippen LogP contribution is -2.33. The second-order valence-electron chi connectivity index (χ2n) is 7.81. The molecule has 0 saturated carbocycles. The first-order valence-electron chi connectivity index (χ1n) is 10.3. The maximum atomic E-state index is 14.8. The standard InChI is InChI=1S/C23H27FN4O4/c1-15(29)26-12-19-14-28(23(31)32-19)18-8-9-20(21(24)10-18)17-6-4-16(5-7-17)11-25-13-22(30)27(2)3/h4-10,19,25H,11-14H2,1-3H3,(H,26,29). The quantitative estimate of drug-likeness (QED) is 0.654. The minimum absolute atomic E-state index is 0.00731. The van der Waals surface area contributed by atoms with Gasteiger partial charge in [0.05, 0.1) is 25.3 Å². The minimum Gasteiger partial charge on any atom is -0.442 e. The first-order valence-corrected chi connectivity index (χ1v) is 10.3. The van der Waals surface area contributed by atoms with Gasteiger partial charge in [-0.3, -0.25) is 14.5 Å². The molecule has 1 atom stereocenters. The van der Waals surface area contributed by atoms with E-state index in [0.717, 1.165) is 5.56 Å². The number of carbonyl (C=O) groups excluding carboxylic acids is 3. The van der Waals surface area contributed by atoms with Crippen LogP contribution < -0.4 is 15.5 Å². The van der Waals surface area contributed by atoms with Gasteiger partial charge in [0.25, 0.3) is 0 Å². The van der Waals surface area contributed by atoms with Crippen LogP contribution in [0.25, 0.3) is 11.1 Å². The van der Waals surface area contributed by atoms with Gasteiger partial charge in [0.1, 0.15) is 11.9 Å². The SMILES string of the molecule is CC(=O)NCC1CN(c2ccc(-c3ccc(CNCC(=O)N(C)C)cc3)c(F)c2)C(=O)O1. The molecule has 1 aliphatic heterocycles. The number of halogens is 1. The van der Waals surface area contributed by atoms with Crippen LogP contribution in [0.3, 0.4) is 0 Å². The number of nitrogens with zero attached hydrogens (tertiary/aromatic N) is 2. The van der Waals surface area contributed by atoms with Gasteiger partial charge >= 0.3 is 6.09 Å². The summed E-state index contributed by atoms with van der Waals surface area (Å²) in [5, 5.41) is 5.69. The summed E-state index contributed by atoms with van der Waals surface area (Å²) >= 11 is 0. The summed E-state index contributed by atoms with van der Waals surface area (Å²) in [7, 11) is 3.41. The molecule has 2 aromatic rings. The molecule has 0 aromatic heterocycles. The number of benzene rings is 2. The molecule has 1 fully saturated rings. The van der Waals surface area contributed by atoms with Crippen molar-refractivity contribution in [2.24, 2.45) is 0 Å². The molecule has 0 bridgehead atoms. The number of amides is 3. The van der Waals surface area contributed by atoms with Crippen molar-refractivity contribution in [3.63, 3.8) is 0 Å². The Balaban J connectivity index is 1.63. The van der Waals surface area contributed by atoms with Gasteiger partial charge in [0.2, 0.25) is 11.8 Å². The Morgan fingerprint density at radius 2 is 1.91 bits per heavy atom. The number of anilines is 1. The van der Waals surface area contributed by atoms with Gasteiger partial charge in [0.15, 0.2) is 0 Å². The van der Waals surface area contributed by atoms with Gasteiger partial charge < -0.3 is 20.3 Å². The van der Waals surface area contributed by atoms with Crippen LogP contribution in [0.5, 0.6) is 0 Å². The van der Waals surface area contributed by atoms with E-state index in [0.29, 0.717) is 23.4 Å². The molecule has 2 N–H and O–H groups in total. The number of ether oxygens (including phenoxy) is 1. The van der Waals surface area contributed by atoms with Gasteiger partial charge in [0, 0.05) is 33.1 Å². The van der Waals surface area contributed by atoms with E-state index in [9.17, 15) is 18.8 Å². The Labute approximate surface area is 186 Å². The van der Waals surface area contributed by atoms with Crippen molar-refractivity contribution in [1.29, 1.82) is 0 Å². The molecule has 0 aliphatic carbocycles. The number of hydrogen-bond acceptors (Lipinski definition) is 5. The van der Waals surface area contributed by atoms with Gasteiger partial charge in [-0.05, 0) is 29.3 Å². The zero-order valence-corrected chi connectivity index (χ0v) is 18.4. The highest BCUT2D eigenvalue weighted by atomic mass is 19.1. The fraction of sp³-hybridized carbons (Fsp3) is 0.348. The Morgan fingerprint density at radius 1 is 1.19 bits per heavy atom. The largest absolute Gasteiger partial charge is 0.442 e. The molecule has 170 valence electrons. The van der Waals surface area contributed by atoms with E-state index in [-0.39, 0.29) is 31.4 Å². The molecule has 3 rings (SSSR count). The molecule has 32 heavy (non-hydrogen) atoms. The van der Waals surface area contributed by atoms with Gasteiger partial charge in [-0.25, -0.2) is 9.18 Å². The third-order valence-electron chi connectivity index (χ3n) is 5.09. The number of hydrogen-bond donors (Lipinski definition) is 2. The highest BCUT2D eigenvalue weighted by Gasteiger charge is 2.32. The maximum absolute atomic E-state index is 14.8. The molecule has 2 aromatic carbocycles. The molecule has 1 heterocycles. The summed E-state index contributed by atoms with van der Waals surface area (Å²) in [6.45, 7) is 2.60. The number of likely N-dealkylation sites (N-methyl/N-ethyl adjacent to an activating group) is 1. The second-order valence-corrected chi connectivity index (χ2v) is 7.81. The summed E-state index contributed by atoms with van der Waals surface area (Å²) in [6.07, 6.45) is -1.06. The van der Waals surface area contributed by atoms with E-state index in [1.54, 1.807) is 26.2 Å². The van der Waals surface area contributed by atoms with E-state index in [1.165, 1.54) is 22.8 Å². The smallest absolute Gasteiger partial charge is 0.414 e. The highest BCUT2D eigenvalue weighted by Crippen LogP contribution is 2.29. The van der Waals surface area contributed by atoms with E-state index in [1.807, 2.05) is 24.3 Å². The van der Waals surface area contributed by atoms with Gasteiger partial charge in [-0.1, -0.05) is 24.3 Å². The third-order valence-corrected chi connectivity index (χ3v) is 5.09. The van der Waals surface area contributed by atoms with Crippen LogP contribution in [0.15, 0.2) is 42.5 Å². The van der Waals surface area contributed by atoms with Crippen LogP contribution in [-0.2, 0) is 20.9 Å². The van der Waals surface area contributed by atoms with Gasteiger partial charge in [-0.15, -0.1) is 0 Å². The lowest BCUT2D eigenvalue weighted by Gasteiger charge is -2.15. The maximum Gasteiger partial charge on any atom is 0.414 e. The lowest BCUT2D eigenvalue weighted by atomic mass is 10.0. The fourth-order valence-electron chi connectivity index (χ4n) is 3.28. The summed E-state index contributed by atoms with van der Waals surface area (Å²) in [5.41, 5.74) is 2.49. The zero-order chi connectivity index (χ0) is 23.3. The number of carbonyl (C=O) groups is 3. The molecule has 1 saturated heterocycles. The predicted octanol–water partition coefficient (Wildman–Crippen LogP) is 2.13. The van der Waals surface area contributed by atoms with Crippen LogP contribution in [-0.4, -0.2) is 62.6 Å². The van der Waals surface area contributed by atoms with E-state index >= 15 is 0 Å². The van der Waals surface area contributed by atoms with Gasteiger partial charge in [-0.2, -0.15) is 0 Å². The average Bonchev–Trinajstić information content (AvgIpc) is 3.13. The van der Waals surface area contributed by atoms with Crippen molar-refractivity contribution < 1.29 is 23.5 Å². The molecular weight excluding hydrogens is 415 g/mol. The van der Waals surface area contributed by atoms with Crippen LogP contribution in [0.2, 0.25) is 0 Å². The molecular formula is C23H27FN4O4. The molecule has 9 heteroatoms. The normalized spacial score (nSPS) is 15.4. The number of rotatable bonds is 8. The molecule has 1 unspecified atom stereocenters. The van der Waals surface area contributed by atoms with Crippen molar-refractivity contribution in [2.75, 3.05) is 38.6 Å². The average molecular weight is 442 g/mol. The van der Waals surface area contributed by atoms with Crippen LogP contribution in [0.1, 0.15) is 12.5 Å². The van der Waals surface area contributed by atoms with Crippen molar-refractivity contribution in [3.8, 4) is 11.1 Å². The third kappa shape index (κ3) is 5.82. The summed E-state index contributed by atoms with van der Waals surface area (Å²) < 4.78 is 20.1. The minimum atomic E-state index is -0.572. The topological polar surface area (TPSA) is 91.0 Å². The second kappa shape index (κ2) is 10.2. The highest BCUT2D eigenvalue weighted by molar-refractivity contribution is 5.90. The van der Waals surface area contributed by atoms with Crippen LogP contribution in [0.4, 0.5) is 14.9 Å². The summed E-state index contributed by atoms with van der Waals surface area (Å²) in [4.78, 5) is 37.7. The van der Waals surface area contributed by atoms with Crippen molar-refractivity contribution >= 4 is 23.6 Å². The van der Waals surface area contributed by atoms with Crippen LogP contribution in [0, 0.1) is 5.82 Å². The van der Waals surface area contributed by atoms with E-state index in [4.69, 9.17) is 4.74 Å². The Hall–Kier alpha value is -3.46. The van der Waals surface area contributed by atoms with E-state index in [2.05, 4.69) is 10.6 Å². The first-order chi connectivity index (χ1) is 15.2. The predicted molar refractivity (Wildman–Crippen MR) is 119 cm³/mol. The Kier molecular flexibility index (Phi) is 7.42. The lowest BCUT2D eigenvalue weighted by molar-refractivity contribution is -0.127. The molecule has 0 radical (unpaired) electrons. The number of cyclic esters (lactones) is 1. The summed E-state index contributed by atoms with van der Waals surface area (Å²) in [6, 6.07) is 12.0. The zero-order valence-electron chi connectivity index (χ0n) is 18.4. The first kappa shape index (κ1) is 23.2.